The molecule has 1 unspecified atom stereocenters. The third kappa shape index (κ3) is 3.54. The number of fused-ring (bicyclic) bond motifs is 3. The minimum absolute atomic E-state index is 0.0620. The monoisotopic (exact) mass is 454 g/mol. The number of halogens is 2. The van der Waals surface area contributed by atoms with Crippen LogP contribution in [0, 0.1) is 5.82 Å². The van der Waals surface area contributed by atoms with Gasteiger partial charge >= 0.3 is 5.97 Å². The largest absolute Gasteiger partial charge is 0.481 e. The topological polar surface area (TPSA) is 47.2 Å². The number of carboxylic acids is 1. The van der Waals surface area contributed by atoms with Crippen molar-refractivity contribution >= 4 is 40.2 Å². The van der Waals surface area contributed by atoms with Crippen molar-refractivity contribution in [3.8, 4) is 11.3 Å². The predicted molar refractivity (Wildman–Crippen MR) is 121 cm³/mol. The minimum atomic E-state index is -0.819. The van der Waals surface area contributed by atoms with E-state index >= 15 is 0 Å². The number of carbonyl (C=O) groups is 1. The normalized spacial score (nSPS) is 15.5. The van der Waals surface area contributed by atoms with Gasteiger partial charge in [-0.1, -0.05) is 23.4 Å². The molecule has 158 valence electrons. The molecule has 0 saturated carbocycles. The van der Waals surface area contributed by atoms with Gasteiger partial charge in [-0.05, 0) is 55.0 Å². The molecule has 1 aliphatic heterocycles. The first-order valence-corrected chi connectivity index (χ1v) is 11.2. The van der Waals surface area contributed by atoms with E-state index < -0.39 is 5.97 Å². The molecule has 3 heterocycles. The van der Waals surface area contributed by atoms with Crippen molar-refractivity contribution in [3.05, 3.63) is 71.3 Å². The molecule has 0 saturated heterocycles. The average molecular weight is 455 g/mol. The molecular weight excluding hydrogens is 435 g/mol. The van der Waals surface area contributed by atoms with Crippen molar-refractivity contribution in [2.24, 2.45) is 7.05 Å². The number of aryl methyl sites for hydroxylation is 2. The van der Waals surface area contributed by atoms with Crippen LogP contribution in [-0.4, -0.2) is 20.2 Å². The number of benzene rings is 2. The molecule has 5 rings (SSSR count). The maximum absolute atomic E-state index is 14.7. The summed E-state index contributed by atoms with van der Waals surface area (Å²) in [5, 5.41) is 11.1. The van der Waals surface area contributed by atoms with Crippen LogP contribution in [0.1, 0.15) is 24.5 Å². The molecule has 0 fully saturated rings. The highest BCUT2D eigenvalue weighted by Crippen LogP contribution is 2.49. The van der Waals surface area contributed by atoms with E-state index in [1.165, 1.54) is 0 Å². The highest BCUT2D eigenvalue weighted by Gasteiger charge is 2.33. The lowest BCUT2D eigenvalue weighted by Crippen LogP contribution is -2.04. The van der Waals surface area contributed by atoms with Crippen LogP contribution in [0.3, 0.4) is 0 Å². The van der Waals surface area contributed by atoms with Gasteiger partial charge in [-0.15, -0.1) is 0 Å². The Morgan fingerprint density at radius 3 is 2.71 bits per heavy atom. The van der Waals surface area contributed by atoms with Gasteiger partial charge in [-0.3, -0.25) is 4.79 Å². The third-order valence-electron chi connectivity index (χ3n) is 5.89. The SMILES string of the molecule is Cn1cccc1-c1cc(F)cc2c1c(Sc1ccc(Cl)cc1)c1n2CCC1CC(=O)O. The van der Waals surface area contributed by atoms with Crippen LogP contribution in [-0.2, 0) is 18.4 Å². The Balaban J connectivity index is 1.79. The van der Waals surface area contributed by atoms with Gasteiger partial charge < -0.3 is 14.2 Å². The Kier molecular flexibility index (Phi) is 5.07. The second kappa shape index (κ2) is 7.77. The van der Waals surface area contributed by atoms with Gasteiger partial charge in [0, 0.05) is 62.9 Å². The molecule has 2 aromatic heterocycles. The standard InChI is InChI=1S/C24H20ClFN2O2S/c1-27-9-2-3-19(27)18-12-16(26)13-20-22(18)24(31-17-6-4-15(25)5-7-17)23-14(11-21(29)30)8-10-28(20)23/h2-7,9,12-14H,8,10-11H2,1H3,(H,29,30). The fourth-order valence-electron chi connectivity index (χ4n) is 4.57. The molecule has 1 aliphatic rings. The van der Waals surface area contributed by atoms with Crippen LogP contribution in [0.5, 0.6) is 0 Å². The molecule has 4 nitrogen and oxygen atoms in total. The zero-order chi connectivity index (χ0) is 21.7. The molecule has 31 heavy (non-hydrogen) atoms. The third-order valence-corrected chi connectivity index (χ3v) is 7.26. The molecule has 2 aromatic carbocycles. The smallest absolute Gasteiger partial charge is 0.304 e. The molecular formula is C24H20ClFN2O2S. The van der Waals surface area contributed by atoms with E-state index in [4.69, 9.17) is 11.6 Å². The second-order valence-electron chi connectivity index (χ2n) is 7.86. The summed E-state index contributed by atoms with van der Waals surface area (Å²) in [5.41, 5.74) is 3.53. The van der Waals surface area contributed by atoms with Crippen LogP contribution in [0.4, 0.5) is 4.39 Å². The zero-order valence-corrected chi connectivity index (χ0v) is 18.4. The summed E-state index contributed by atoms with van der Waals surface area (Å²) in [7, 11) is 1.94. The molecule has 0 bridgehead atoms. The van der Waals surface area contributed by atoms with Crippen LogP contribution < -0.4 is 0 Å². The van der Waals surface area contributed by atoms with Crippen molar-refractivity contribution < 1.29 is 14.3 Å². The average Bonchev–Trinajstić information content (AvgIpc) is 3.40. The summed E-state index contributed by atoms with van der Waals surface area (Å²) in [6.07, 6.45) is 2.74. The summed E-state index contributed by atoms with van der Waals surface area (Å²) in [4.78, 5) is 13.5. The molecule has 0 radical (unpaired) electrons. The number of hydrogen-bond donors (Lipinski definition) is 1. The first kappa shape index (κ1) is 20.2. The Morgan fingerprint density at radius 2 is 2.03 bits per heavy atom. The molecule has 0 aliphatic carbocycles. The Hall–Kier alpha value is -2.70. The molecule has 0 spiro atoms. The fourth-order valence-corrected chi connectivity index (χ4v) is 5.90. The van der Waals surface area contributed by atoms with Crippen molar-refractivity contribution in [2.45, 2.75) is 35.1 Å². The summed E-state index contributed by atoms with van der Waals surface area (Å²) >= 11 is 7.66. The lowest BCUT2D eigenvalue weighted by Gasteiger charge is -2.12. The van der Waals surface area contributed by atoms with Gasteiger partial charge in [0.05, 0.1) is 11.9 Å². The van der Waals surface area contributed by atoms with Gasteiger partial charge in [0.2, 0.25) is 0 Å². The van der Waals surface area contributed by atoms with E-state index in [9.17, 15) is 14.3 Å². The second-order valence-corrected chi connectivity index (χ2v) is 9.38. The minimum Gasteiger partial charge on any atom is -0.481 e. The maximum atomic E-state index is 14.7. The quantitative estimate of drug-likeness (QED) is 0.372. The number of aliphatic carboxylic acids is 1. The number of rotatable bonds is 5. The molecule has 4 aromatic rings. The number of carboxylic acid groups (broad SMARTS) is 1. The van der Waals surface area contributed by atoms with E-state index in [1.54, 1.807) is 23.9 Å². The molecule has 7 heteroatoms. The Bertz CT molecular complexity index is 1310. The summed E-state index contributed by atoms with van der Waals surface area (Å²) in [5.74, 6) is -1.22. The maximum Gasteiger partial charge on any atom is 0.304 e. The highest BCUT2D eigenvalue weighted by molar-refractivity contribution is 7.99. The van der Waals surface area contributed by atoms with E-state index in [1.807, 2.05) is 54.2 Å². The first-order valence-electron chi connectivity index (χ1n) is 10.0. The van der Waals surface area contributed by atoms with Gasteiger partial charge in [-0.2, -0.15) is 0 Å². The van der Waals surface area contributed by atoms with E-state index in [2.05, 4.69) is 4.57 Å². The van der Waals surface area contributed by atoms with Crippen LogP contribution >= 0.6 is 23.4 Å². The molecule has 0 amide bonds. The zero-order valence-electron chi connectivity index (χ0n) is 16.8. The Morgan fingerprint density at radius 1 is 1.26 bits per heavy atom. The van der Waals surface area contributed by atoms with E-state index in [0.717, 1.165) is 44.1 Å². The van der Waals surface area contributed by atoms with Crippen LogP contribution in [0.15, 0.2) is 64.5 Å². The number of hydrogen-bond acceptors (Lipinski definition) is 2. The van der Waals surface area contributed by atoms with Gasteiger partial charge in [0.15, 0.2) is 0 Å². The lowest BCUT2D eigenvalue weighted by atomic mass is 9.99. The van der Waals surface area contributed by atoms with Crippen LogP contribution in [0.25, 0.3) is 22.2 Å². The first-order chi connectivity index (χ1) is 14.9. The number of nitrogens with zero attached hydrogens (tertiary/aromatic N) is 2. The van der Waals surface area contributed by atoms with Gasteiger partial charge in [0.1, 0.15) is 5.82 Å². The van der Waals surface area contributed by atoms with E-state index in [0.29, 0.717) is 11.6 Å². The molecule has 1 atom stereocenters. The molecule has 1 N–H and O–H groups in total. The van der Waals surface area contributed by atoms with Crippen molar-refractivity contribution in [3.63, 3.8) is 0 Å². The summed E-state index contributed by atoms with van der Waals surface area (Å²) in [6, 6.07) is 14.7. The fraction of sp³-hybridized carbons (Fsp3) is 0.208. The highest BCUT2D eigenvalue weighted by atomic mass is 35.5. The summed E-state index contributed by atoms with van der Waals surface area (Å²) < 4.78 is 18.8. The van der Waals surface area contributed by atoms with Gasteiger partial charge in [-0.25, -0.2) is 4.39 Å². The predicted octanol–water partition coefficient (Wildman–Crippen LogP) is 6.55. The van der Waals surface area contributed by atoms with Crippen molar-refractivity contribution in [1.82, 2.24) is 9.13 Å². The van der Waals surface area contributed by atoms with Crippen molar-refractivity contribution in [2.75, 3.05) is 0 Å². The lowest BCUT2D eigenvalue weighted by molar-refractivity contribution is -0.137. The van der Waals surface area contributed by atoms with Crippen molar-refractivity contribution in [1.29, 1.82) is 0 Å². The Labute approximate surface area is 188 Å². The van der Waals surface area contributed by atoms with Crippen LogP contribution in [0.2, 0.25) is 5.02 Å². The summed E-state index contributed by atoms with van der Waals surface area (Å²) in [6.45, 7) is 0.682. The van der Waals surface area contributed by atoms with E-state index in [-0.39, 0.29) is 18.2 Å². The van der Waals surface area contributed by atoms with Gasteiger partial charge in [0.25, 0.3) is 0 Å². The number of aromatic nitrogens is 2.